The van der Waals surface area contributed by atoms with E-state index < -0.39 is 141 Å². The molecule has 6 rings (SSSR count). The fourth-order valence-corrected chi connectivity index (χ4v) is 6.01. The fourth-order valence-electron chi connectivity index (χ4n) is 6.01. The summed E-state index contributed by atoms with van der Waals surface area (Å²) in [5.41, 5.74) is 0.874. The van der Waals surface area contributed by atoms with Crippen molar-refractivity contribution in [2.24, 2.45) is 0 Å². The molecular formula is C43H32F12O8. The van der Waals surface area contributed by atoms with E-state index in [2.05, 4.69) is 0 Å². The van der Waals surface area contributed by atoms with Crippen LogP contribution in [-0.4, -0.2) is 66.1 Å². The summed E-state index contributed by atoms with van der Waals surface area (Å²) in [7, 11) is 0. The van der Waals surface area contributed by atoms with E-state index >= 15 is 26.3 Å². The third-order valence-electron chi connectivity index (χ3n) is 8.87. The number of rotatable bonds is 22. The maximum atomic E-state index is 15.2. The first-order valence-corrected chi connectivity index (χ1v) is 18.6. The van der Waals surface area contributed by atoms with Crippen molar-refractivity contribution in [2.75, 3.05) is 66.1 Å². The summed E-state index contributed by atoms with van der Waals surface area (Å²) in [5, 5.41) is -5.95. The van der Waals surface area contributed by atoms with Crippen LogP contribution in [0.2, 0.25) is 0 Å². The third kappa shape index (κ3) is 10.2. The predicted octanol–water partition coefficient (Wildman–Crippen LogP) is 10.2. The van der Waals surface area contributed by atoms with Gasteiger partial charge in [-0.3, -0.25) is 0 Å². The Labute approximate surface area is 349 Å². The topological polar surface area (TPSA) is 73.8 Å². The second-order valence-electron chi connectivity index (χ2n) is 12.9. The van der Waals surface area contributed by atoms with Crippen molar-refractivity contribution in [3.63, 3.8) is 0 Å². The summed E-state index contributed by atoms with van der Waals surface area (Å²) in [6.45, 7) is -4.17. The highest BCUT2D eigenvalue weighted by Crippen LogP contribution is 2.45. The average molecular weight is 905 g/mol. The SMILES string of the molecule is Fc1c(F)c(OCCOc2c(F)c(F)c(F)c3c(OCCOCCOc4ccccc4)c(F)c(F)c(F)c23)c2c(F)c(F)c(F)c(OCCOCCOCc3ccccc3)c2c1F. The molecule has 0 aliphatic heterocycles. The highest BCUT2D eigenvalue weighted by atomic mass is 19.2. The maximum absolute atomic E-state index is 15.2. The number of fused-ring (bicyclic) bond motifs is 2. The Bertz CT molecular complexity index is 2550. The highest BCUT2D eigenvalue weighted by Gasteiger charge is 2.34. The van der Waals surface area contributed by atoms with E-state index in [9.17, 15) is 26.3 Å². The van der Waals surface area contributed by atoms with Gasteiger partial charge >= 0.3 is 0 Å². The summed E-state index contributed by atoms with van der Waals surface area (Å²) in [6, 6.07) is 17.6. The molecule has 0 aliphatic carbocycles. The molecule has 6 aromatic carbocycles. The number of halogens is 12. The lowest BCUT2D eigenvalue weighted by Gasteiger charge is -2.18. The monoisotopic (exact) mass is 904 g/mol. The summed E-state index contributed by atoms with van der Waals surface area (Å²) in [5.74, 6) is -32.8. The molecular weight excluding hydrogens is 872 g/mol. The molecule has 20 heteroatoms. The molecule has 0 aromatic heterocycles. The molecule has 0 radical (unpaired) electrons. The van der Waals surface area contributed by atoms with Gasteiger partial charge in [0.1, 0.15) is 38.8 Å². The van der Waals surface area contributed by atoms with Gasteiger partial charge in [-0.1, -0.05) is 48.5 Å². The maximum Gasteiger partial charge on any atom is 0.204 e. The number of hydrogen-bond donors (Lipinski definition) is 0. The van der Waals surface area contributed by atoms with Crippen LogP contribution in [-0.2, 0) is 20.8 Å². The normalized spacial score (nSPS) is 11.4. The summed E-state index contributed by atoms with van der Waals surface area (Å²) in [6.07, 6.45) is 0. The van der Waals surface area contributed by atoms with Crippen LogP contribution in [0, 0.1) is 69.8 Å². The Kier molecular flexibility index (Phi) is 15.7. The molecule has 0 unspecified atom stereocenters. The van der Waals surface area contributed by atoms with E-state index in [4.69, 9.17) is 37.9 Å². The van der Waals surface area contributed by atoms with Crippen molar-refractivity contribution in [3.8, 4) is 28.7 Å². The van der Waals surface area contributed by atoms with Crippen molar-refractivity contribution in [3.05, 3.63) is 136 Å². The lowest BCUT2D eigenvalue weighted by Crippen LogP contribution is -2.16. The van der Waals surface area contributed by atoms with Crippen LogP contribution in [0.25, 0.3) is 21.5 Å². The molecule has 8 nitrogen and oxygen atoms in total. The second kappa shape index (κ2) is 21.3. The summed E-state index contributed by atoms with van der Waals surface area (Å²) >= 11 is 0. The van der Waals surface area contributed by atoms with E-state index in [0.717, 1.165) is 5.56 Å². The molecule has 0 N–H and O–H groups in total. The zero-order chi connectivity index (χ0) is 45.2. The Morgan fingerprint density at radius 1 is 0.270 bits per heavy atom. The molecule has 0 bridgehead atoms. The first-order chi connectivity index (χ1) is 30.3. The molecule has 336 valence electrons. The van der Waals surface area contributed by atoms with Crippen molar-refractivity contribution >= 4 is 21.5 Å². The number of para-hydroxylation sites is 1. The van der Waals surface area contributed by atoms with Crippen LogP contribution in [0.1, 0.15) is 5.56 Å². The molecule has 0 saturated heterocycles. The molecule has 0 aliphatic rings. The smallest absolute Gasteiger partial charge is 0.204 e. The van der Waals surface area contributed by atoms with Gasteiger partial charge < -0.3 is 37.9 Å². The Morgan fingerprint density at radius 3 is 0.921 bits per heavy atom. The van der Waals surface area contributed by atoms with Crippen LogP contribution < -0.4 is 23.7 Å². The van der Waals surface area contributed by atoms with Crippen molar-refractivity contribution in [1.29, 1.82) is 0 Å². The van der Waals surface area contributed by atoms with E-state index in [1.54, 1.807) is 42.5 Å². The van der Waals surface area contributed by atoms with E-state index in [1.807, 2.05) is 18.2 Å². The van der Waals surface area contributed by atoms with Crippen LogP contribution >= 0.6 is 0 Å². The Hall–Kier alpha value is -6.12. The van der Waals surface area contributed by atoms with Crippen LogP contribution in [0.4, 0.5) is 52.7 Å². The first kappa shape index (κ1) is 46.4. The minimum Gasteiger partial charge on any atom is -0.491 e. The number of hydrogen-bond acceptors (Lipinski definition) is 8. The van der Waals surface area contributed by atoms with Crippen molar-refractivity contribution in [2.45, 2.75) is 6.61 Å². The predicted molar refractivity (Wildman–Crippen MR) is 199 cm³/mol. The zero-order valence-electron chi connectivity index (χ0n) is 32.4. The van der Waals surface area contributed by atoms with E-state index in [-0.39, 0.29) is 46.2 Å². The second-order valence-corrected chi connectivity index (χ2v) is 12.9. The molecule has 0 spiro atoms. The molecule has 0 amide bonds. The average Bonchev–Trinajstić information content (AvgIpc) is 3.29. The minimum absolute atomic E-state index is 0.0225. The van der Waals surface area contributed by atoms with Gasteiger partial charge in [-0.25, -0.2) is 35.1 Å². The highest BCUT2D eigenvalue weighted by molar-refractivity contribution is 5.96. The molecule has 0 heterocycles. The van der Waals surface area contributed by atoms with Gasteiger partial charge in [-0.2, -0.15) is 17.6 Å². The summed E-state index contributed by atoms with van der Waals surface area (Å²) in [4.78, 5) is 0. The third-order valence-corrected chi connectivity index (χ3v) is 8.87. The van der Waals surface area contributed by atoms with Gasteiger partial charge in [0.15, 0.2) is 69.5 Å². The molecule has 6 aromatic rings. The van der Waals surface area contributed by atoms with E-state index in [1.165, 1.54) is 0 Å². The number of benzene rings is 6. The molecule has 0 saturated carbocycles. The quantitative estimate of drug-likeness (QED) is 0.0379. The van der Waals surface area contributed by atoms with E-state index in [0.29, 0.717) is 5.75 Å². The number of ether oxygens (including phenoxy) is 8. The first-order valence-electron chi connectivity index (χ1n) is 18.6. The molecule has 63 heavy (non-hydrogen) atoms. The Balaban J connectivity index is 1.15. The van der Waals surface area contributed by atoms with Crippen LogP contribution in [0.3, 0.4) is 0 Å². The zero-order valence-corrected chi connectivity index (χ0v) is 32.4. The minimum atomic E-state index is -2.38. The van der Waals surface area contributed by atoms with Crippen molar-refractivity contribution < 1.29 is 90.6 Å². The lowest BCUT2D eigenvalue weighted by molar-refractivity contribution is 0.0300. The van der Waals surface area contributed by atoms with Gasteiger partial charge in [0.05, 0.1) is 61.2 Å². The van der Waals surface area contributed by atoms with Gasteiger partial charge in [-0.05, 0) is 17.7 Å². The van der Waals surface area contributed by atoms with Gasteiger partial charge in [-0.15, -0.1) is 0 Å². The molecule has 0 atom stereocenters. The summed E-state index contributed by atoms with van der Waals surface area (Å²) < 4.78 is 222. The fraction of sp³-hybridized carbons (Fsp3) is 0.256. The molecule has 0 fully saturated rings. The standard InChI is InChI=1S/C43H32F12O8/c44-28-24-26(30(46)32(48)36(52)40(24)60-17-14-56-11-12-58-21-22-7-3-1-4-8-22)42(38(54)34(28)50)62-19-20-63-43-27-25(29(45)35(51)39(43)55)41(37(53)33(49)31(27)47)61-18-15-57-13-16-59-23-9-5-2-6-10-23/h1-10H,11-21H2. The van der Waals surface area contributed by atoms with Crippen LogP contribution in [0.15, 0.2) is 60.7 Å². The van der Waals surface area contributed by atoms with Gasteiger partial charge in [0, 0.05) is 0 Å². The van der Waals surface area contributed by atoms with Crippen LogP contribution in [0.5, 0.6) is 28.7 Å². The lowest BCUT2D eigenvalue weighted by atomic mass is 10.0. The van der Waals surface area contributed by atoms with Crippen molar-refractivity contribution in [1.82, 2.24) is 0 Å². The van der Waals surface area contributed by atoms with Gasteiger partial charge in [0.2, 0.25) is 23.3 Å². The van der Waals surface area contributed by atoms with Gasteiger partial charge in [0.25, 0.3) is 0 Å². The largest absolute Gasteiger partial charge is 0.491 e. The Morgan fingerprint density at radius 2 is 0.556 bits per heavy atom.